The van der Waals surface area contributed by atoms with E-state index in [4.69, 9.17) is 9.47 Å². The molecule has 3 saturated carbocycles. The number of carboxylic acid groups (broad SMARTS) is 1. The van der Waals surface area contributed by atoms with E-state index in [1.165, 1.54) is 25.7 Å². The van der Waals surface area contributed by atoms with Gasteiger partial charge in [0.2, 0.25) is 5.91 Å². The fraction of sp³-hybridized carbons (Fsp3) is 0.643. The molecule has 9 nitrogen and oxygen atoms in total. The quantitative estimate of drug-likeness (QED) is 0.458. The van der Waals surface area contributed by atoms with E-state index >= 15 is 0 Å². The van der Waals surface area contributed by atoms with Gasteiger partial charge >= 0.3 is 5.97 Å². The van der Waals surface area contributed by atoms with Gasteiger partial charge in [-0.25, -0.2) is 0 Å². The summed E-state index contributed by atoms with van der Waals surface area (Å²) in [5.41, 5.74) is -0.111. The Kier molecular flexibility index (Phi) is 7.67. The number of nitriles is 1. The molecule has 3 aliphatic rings. The van der Waals surface area contributed by atoms with Crippen LogP contribution in [0.15, 0.2) is 12.1 Å². The molecule has 3 fully saturated rings. The van der Waals surface area contributed by atoms with Crippen molar-refractivity contribution in [3.8, 4) is 17.6 Å². The Morgan fingerprint density at radius 3 is 2.30 bits per heavy atom. The van der Waals surface area contributed by atoms with Crippen molar-refractivity contribution in [1.82, 2.24) is 10.6 Å². The lowest BCUT2D eigenvalue weighted by atomic mass is 9.70. The molecule has 0 heterocycles. The topological polar surface area (TPSA) is 138 Å². The fourth-order valence-electron chi connectivity index (χ4n) is 5.45. The van der Waals surface area contributed by atoms with Gasteiger partial charge in [-0.3, -0.25) is 14.4 Å². The van der Waals surface area contributed by atoms with Gasteiger partial charge in [-0.1, -0.05) is 13.3 Å². The van der Waals surface area contributed by atoms with Crippen LogP contribution in [0.2, 0.25) is 0 Å². The molecule has 1 aromatic rings. The highest BCUT2D eigenvalue weighted by Crippen LogP contribution is 2.40. The zero-order valence-electron chi connectivity index (χ0n) is 21.9. The van der Waals surface area contributed by atoms with Crippen LogP contribution in [0.1, 0.15) is 87.6 Å². The van der Waals surface area contributed by atoms with Crippen LogP contribution < -0.4 is 20.1 Å². The van der Waals surface area contributed by atoms with Gasteiger partial charge in [0.1, 0.15) is 17.6 Å². The zero-order chi connectivity index (χ0) is 26.8. The molecule has 2 atom stereocenters. The molecule has 0 unspecified atom stereocenters. The van der Waals surface area contributed by atoms with Crippen LogP contribution in [0.5, 0.6) is 11.5 Å². The van der Waals surface area contributed by atoms with Crippen molar-refractivity contribution in [2.75, 3.05) is 13.7 Å². The molecule has 1 aromatic carbocycles. The third-order valence-corrected chi connectivity index (χ3v) is 8.69. The van der Waals surface area contributed by atoms with E-state index < -0.39 is 11.4 Å². The van der Waals surface area contributed by atoms with Crippen molar-refractivity contribution in [1.29, 1.82) is 5.26 Å². The molecule has 9 heteroatoms. The van der Waals surface area contributed by atoms with Gasteiger partial charge < -0.3 is 25.2 Å². The number of hydrogen-bond acceptors (Lipinski definition) is 6. The van der Waals surface area contributed by atoms with E-state index in [1.54, 1.807) is 6.92 Å². The third-order valence-electron chi connectivity index (χ3n) is 8.69. The van der Waals surface area contributed by atoms with Crippen LogP contribution in [0, 0.1) is 28.1 Å². The summed E-state index contributed by atoms with van der Waals surface area (Å²) in [6.45, 7) is 4.59. The number of carbonyl (C=O) groups is 3. The monoisotopic (exact) mass is 511 g/mol. The molecule has 0 aliphatic heterocycles. The maximum atomic E-state index is 13.2. The highest BCUT2D eigenvalue weighted by atomic mass is 16.5. The standard InChI is InChI=1S/C28H37N3O6/c1-27(9-4-10-27)16-30-24(32)19-5-6-21(19)31-25(33)20-14-22(17(15-29)13-23(20)36-3)37-18-7-11-28(2,12-8-18)26(34)35/h13-14,18-19,21H,4-12,16H2,1-3H3,(H,30,32)(H,31,33)(H,34,35)/t18-,19-,21+,28+/m1/s1. The normalized spacial score (nSPS) is 28.0. The molecule has 3 N–H and O–H groups in total. The van der Waals surface area contributed by atoms with E-state index in [9.17, 15) is 24.8 Å². The van der Waals surface area contributed by atoms with Gasteiger partial charge in [-0.05, 0) is 69.8 Å². The number of carboxylic acids is 1. The first-order chi connectivity index (χ1) is 17.6. The van der Waals surface area contributed by atoms with Gasteiger partial charge in [0, 0.05) is 18.7 Å². The lowest BCUT2D eigenvalue weighted by Crippen LogP contribution is -2.54. The van der Waals surface area contributed by atoms with E-state index in [2.05, 4.69) is 23.6 Å². The fourth-order valence-corrected chi connectivity index (χ4v) is 5.45. The molecule has 200 valence electrons. The number of carbonyl (C=O) groups excluding carboxylic acids is 2. The molecule has 2 amide bonds. The van der Waals surface area contributed by atoms with E-state index in [0.29, 0.717) is 38.6 Å². The van der Waals surface area contributed by atoms with Gasteiger partial charge in [0.05, 0.1) is 35.7 Å². The number of nitrogens with zero attached hydrogens (tertiary/aromatic N) is 1. The second kappa shape index (κ2) is 10.6. The predicted molar refractivity (Wildman–Crippen MR) is 135 cm³/mol. The van der Waals surface area contributed by atoms with E-state index in [-0.39, 0.29) is 57.9 Å². The summed E-state index contributed by atoms with van der Waals surface area (Å²) in [6.07, 6.45) is 6.68. The van der Waals surface area contributed by atoms with E-state index in [0.717, 1.165) is 19.3 Å². The highest BCUT2D eigenvalue weighted by Gasteiger charge is 2.40. The Labute approximate surface area is 217 Å². The number of hydrogen-bond donors (Lipinski definition) is 3. The summed E-state index contributed by atoms with van der Waals surface area (Å²) in [4.78, 5) is 37.5. The average molecular weight is 512 g/mol. The van der Waals surface area contributed by atoms with Crippen LogP contribution in [0.3, 0.4) is 0 Å². The third kappa shape index (κ3) is 5.68. The molecule has 0 bridgehead atoms. The number of rotatable bonds is 9. The zero-order valence-corrected chi connectivity index (χ0v) is 21.9. The number of benzene rings is 1. The molecule has 0 saturated heterocycles. The number of methoxy groups -OCH3 is 1. The summed E-state index contributed by atoms with van der Waals surface area (Å²) < 4.78 is 11.5. The van der Waals surface area contributed by atoms with Gasteiger partial charge in [-0.2, -0.15) is 5.26 Å². The summed E-state index contributed by atoms with van der Waals surface area (Å²) in [5.74, 6) is -0.963. The van der Waals surface area contributed by atoms with Gasteiger partial charge in [0.25, 0.3) is 5.91 Å². The second-order valence-electron chi connectivity index (χ2n) is 11.5. The Morgan fingerprint density at radius 1 is 1.08 bits per heavy atom. The van der Waals surface area contributed by atoms with Crippen molar-refractivity contribution in [3.05, 3.63) is 23.3 Å². The van der Waals surface area contributed by atoms with Crippen LogP contribution in [0.4, 0.5) is 0 Å². The smallest absolute Gasteiger partial charge is 0.309 e. The van der Waals surface area contributed by atoms with Crippen LogP contribution in [-0.2, 0) is 9.59 Å². The Balaban J connectivity index is 1.42. The first-order valence-electron chi connectivity index (χ1n) is 13.2. The molecular weight excluding hydrogens is 474 g/mol. The number of amides is 2. The number of aliphatic carboxylic acids is 1. The minimum atomic E-state index is -0.813. The summed E-state index contributed by atoms with van der Waals surface area (Å²) in [6, 6.07) is 4.83. The Hall–Kier alpha value is -3.28. The molecule has 37 heavy (non-hydrogen) atoms. The Bertz CT molecular complexity index is 1100. The minimum absolute atomic E-state index is 0.0221. The minimum Gasteiger partial charge on any atom is -0.496 e. The average Bonchev–Trinajstić information content (AvgIpc) is 2.85. The highest BCUT2D eigenvalue weighted by molar-refractivity contribution is 5.98. The molecular formula is C28H37N3O6. The first-order valence-corrected chi connectivity index (χ1v) is 13.2. The van der Waals surface area contributed by atoms with Crippen LogP contribution in [-0.4, -0.2) is 48.7 Å². The lowest BCUT2D eigenvalue weighted by molar-refractivity contribution is -0.150. The molecule has 0 radical (unpaired) electrons. The number of nitrogens with one attached hydrogen (secondary N) is 2. The second-order valence-corrected chi connectivity index (χ2v) is 11.5. The van der Waals surface area contributed by atoms with Gasteiger partial charge in [0.15, 0.2) is 0 Å². The van der Waals surface area contributed by atoms with Crippen molar-refractivity contribution in [2.24, 2.45) is 16.7 Å². The molecule has 0 spiro atoms. The number of ether oxygens (including phenoxy) is 2. The maximum absolute atomic E-state index is 13.2. The van der Waals surface area contributed by atoms with Crippen molar-refractivity contribution in [3.63, 3.8) is 0 Å². The van der Waals surface area contributed by atoms with Crippen LogP contribution >= 0.6 is 0 Å². The summed E-state index contributed by atoms with van der Waals surface area (Å²) in [5, 5.41) is 25.2. The summed E-state index contributed by atoms with van der Waals surface area (Å²) >= 11 is 0. The molecule has 3 aliphatic carbocycles. The van der Waals surface area contributed by atoms with E-state index in [1.807, 2.05) is 0 Å². The van der Waals surface area contributed by atoms with Crippen molar-refractivity contribution < 1.29 is 29.0 Å². The first kappa shape index (κ1) is 26.8. The van der Waals surface area contributed by atoms with Crippen molar-refractivity contribution in [2.45, 2.75) is 83.8 Å². The predicted octanol–water partition coefficient (Wildman–Crippen LogP) is 3.79. The Morgan fingerprint density at radius 2 is 1.78 bits per heavy atom. The lowest BCUT2D eigenvalue weighted by Gasteiger charge is -2.40. The SMILES string of the molecule is COc1cc(C#N)c(O[C@H]2CC[C@@](C)(C(=O)O)CC2)cc1C(=O)N[C@H]1CC[C@H]1C(=O)NCC1(C)CCC1. The molecule has 0 aromatic heterocycles. The van der Waals surface area contributed by atoms with Crippen molar-refractivity contribution >= 4 is 17.8 Å². The van der Waals surface area contributed by atoms with Crippen LogP contribution in [0.25, 0.3) is 0 Å². The van der Waals surface area contributed by atoms with Gasteiger partial charge in [-0.15, -0.1) is 0 Å². The molecule has 4 rings (SSSR count). The maximum Gasteiger partial charge on any atom is 0.309 e. The largest absolute Gasteiger partial charge is 0.496 e. The summed E-state index contributed by atoms with van der Waals surface area (Å²) in [7, 11) is 1.43.